The van der Waals surface area contributed by atoms with Gasteiger partial charge in [-0.2, -0.15) is 13.2 Å². The van der Waals surface area contributed by atoms with Crippen LogP contribution in [0.4, 0.5) is 13.2 Å². The van der Waals surface area contributed by atoms with Crippen LogP contribution in [0.25, 0.3) is 0 Å². The van der Waals surface area contributed by atoms with E-state index in [1.807, 2.05) is 12.1 Å². The molecule has 0 spiro atoms. The fourth-order valence-corrected chi connectivity index (χ4v) is 2.56. The van der Waals surface area contributed by atoms with Crippen LogP contribution in [0.1, 0.15) is 27.3 Å². The summed E-state index contributed by atoms with van der Waals surface area (Å²) in [5.74, 6) is -0.348. The Morgan fingerprint density at radius 1 is 1.17 bits per heavy atom. The maximum Gasteiger partial charge on any atom is 0.422 e. The van der Waals surface area contributed by atoms with Crippen LogP contribution >= 0.6 is 0 Å². The number of rotatable bonds is 7. The summed E-state index contributed by atoms with van der Waals surface area (Å²) in [6.45, 7) is 0.927. The molecule has 1 aromatic carbocycles. The van der Waals surface area contributed by atoms with Gasteiger partial charge in [-0.1, -0.05) is 17.3 Å². The van der Waals surface area contributed by atoms with E-state index in [-0.39, 0.29) is 18.0 Å². The molecule has 1 N–H and O–H groups in total. The van der Waals surface area contributed by atoms with Crippen LogP contribution in [-0.2, 0) is 13.1 Å². The largest absolute Gasteiger partial charge is 0.484 e. The molecule has 0 saturated heterocycles. The van der Waals surface area contributed by atoms with E-state index < -0.39 is 18.7 Å². The highest BCUT2D eigenvalue weighted by atomic mass is 19.4. The van der Waals surface area contributed by atoms with Crippen molar-refractivity contribution in [2.75, 3.05) is 6.61 Å². The number of amides is 1. The molecule has 7 nitrogen and oxygen atoms in total. The number of carbonyl (C=O) groups excluding carboxylic acids is 1. The minimum Gasteiger partial charge on any atom is -0.484 e. The van der Waals surface area contributed by atoms with Crippen molar-refractivity contribution in [2.45, 2.75) is 26.2 Å². The molecule has 0 atom stereocenters. The predicted molar refractivity (Wildman–Crippen MR) is 97.3 cm³/mol. The number of aromatic nitrogens is 4. The molecule has 152 valence electrons. The lowest BCUT2D eigenvalue weighted by Crippen LogP contribution is -2.24. The van der Waals surface area contributed by atoms with Gasteiger partial charge in [0.05, 0.1) is 12.2 Å². The number of alkyl halides is 3. The van der Waals surface area contributed by atoms with Crippen LogP contribution in [0, 0.1) is 6.92 Å². The Kier molecular flexibility index (Phi) is 6.10. The van der Waals surface area contributed by atoms with Crippen molar-refractivity contribution in [2.24, 2.45) is 0 Å². The van der Waals surface area contributed by atoms with Gasteiger partial charge in [0.25, 0.3) is 5.91 Å². The number of carbonyl (C=O) groups is 1. The highest BCUT2D eigenvalue weighted by Gasteiger charge is 2.28. The van der Waals surface area contributed by atoms with Crippen LogP contribution in [0.2, 0.25) is 0 Å². The Morgan fingerprint density at radius 2 is 1.93 bits per heavy atom. The molecule has 1 amide bonds. The Bertz CT molecular complexity index is 973. The normalized spacial score (nSPS) is 11.3. The second kappa shape index (κ2) is 8.72. The average Bonchev–Trinajstić information content (AvgIpc) is 3.05. The minimum absolute atomic E-state index is 0.0774. The number of hydrogen-bond donors (Lipinski definition) is 1. The van der Waals surface area contributed by atoms with Gasteiger partial charge in [-0.25, -0.2) is 4.68 Å². The first-order valence-corrected chi connectivity index (χ1v) is 8.67. The number of benzene rings is 1. The highest BCUT2D eigenvalue weighted by molar-refractivity contribution is 5.93. The van der Waals surface area contributed by atoms with Crippen LogP contribution in [0.5, 0.6) is 5.75 Å². The average molecular weight is 405 g/mol. The molecule has 0 aliphatic carbocycles. The third-order valence-corrected chi connectivity index (χ3v) is 4.03. The van der Waals surface area contributed by atoms with E-state index in [0.29, 0.717) is 17.8 Å². The molecule has 10 heteroatoms. The Morgan fingerprint density at radius 3 is 2.66 bits per heavy atom. The van der Waals surface area contributed by atoms with Crippen molar-refractivity contribution in [3.05, 3.63) is 71.3 Å². The number of nitrogens with one attached hydrogen (secondary N) is 1. The smallest absolute Gasteiger partial charge is 0.422 e. The predicted octanol–water partition coefficient (Wildman–Crippen LogP) is 2.90. The number of halogens is 3. The molecular weight excluding hydrogens is 387 g/mol. The van der Waals surface area contributed by atoms with Crippen LogP contribution in [0.3, 0.4) is 0 Å². The molecule has 0 saturated carbocycles. The summed E-state index contributed by atoms with van der Waals surface area (Å²) in [5.41, 5.74) is 2.35. The Labute approximate surface area is 164 Å². The van der Waals surface area contributed by atoms with Gasteiger partial charge in [-0.05, 0) is 42.3 Å². The van der Waals surface area contributed by atoms with E-state index in [2.05, 4.69) is 20.6 Å². The van der Waals surface area contributed by atoms with Crippen molar-refractivity contribution in [1.29, 1.82) is 0 Å². The molecule has 0 bridgehead atoms. The molecule has 0 aliphatic heterocycles. The van der Waals surface area contributed by atoms with Crippen molar-refractivity contribution in [1.82, 2.24) is 25.3 Å². The lowest BCUT2D eigenvalue weighted by atomic mass is 10.2. The van der Waals surface area contributed by atoms with Gasteiger partial charge in [-0.15, -0.1) is 5.10 Å². The molecule has 0 radical (unpaired) electrons. The summed E-state index contributed by atoms with van der Waals surface area (Å²) in [7, 11) is 0. The van der Waals surface area contributed by atoms with Crippen molar-refractivity contribution in [3.63, 3.8) is 0 Å². The van der Waals surface area contributed by atoms with Crippen molar-refractivity contribution < 1.29 is 22.7 Å². The third kappa shape index (κ3) is 5.77. The third-order valence-electron chi connectivity index (χ3n) is 4.03. The van der Waals surface area contributed by atoms with Gasteiger partial charge in [-0.3, -0.25) is 9.78 Å². The zero-order chi connectivity index (χ0) is 20.9. The van der Waals surface area contributed by atoms with Gasteiger partial charge in [0, 0.05) is 18.9 Å². The van der Waals surface area contributed by atoms with Crippen LogP contribution in [0.15, 0.2) is 48.8 Å². The highest BCUT2D eigenvalue weighted by Crippen LogP contribution is 2.19. The molecule has 3 aromatic rings. The summed E-state index contributed by atoms with van der Waals surface area (Å²) in [4.78, 5) is 16.4. The molecule has 29 heavy (non-hydrogen) atoms. The van der Waals surface area contributed by atoms with Gasteiger partial charge < -0.3 is 10.1 Å². The maximum absolute atomic E-state index is 12.4. The topological polar surface area (TPSA) is 81.9 Å². The summed E-state index contributed by atoms with van der Waals surface area (Å²) >= 11 is 0. The molecule has 2 aromatic heterocycles. The lowest BCUT2D eigenvalue weighted by Gasteiger charge is -2.10. The van der Waals surface area contributed by atoms with E-state index >= 15 is 0 Å². The Balaban J connectivity index is 1.60. The van der Waals surface area contributed by atoms with Gasteiger partial charge in [0.1, 0.15) is 5.75 Å². The molecule has 0 aliphatic rings. The zero-order valence-electron chi connectivity index (χ0n) is 15.5. The molecule has 2 heterocycles. The van der Waals surface area contributed by atoms with E-state index in [4.69, 9.17) is 4.74 Å². The first-order valence-electron chi connectivity index (χ1n) is 8.67. The second-order valence-corrected chi connectivity index (χ2v) is 6.27. The maximum atomic E-state index is 12.4. The summed E-state index contributed by atoms with van der Waals surface area (Å²) < 4.78 is 43.1. The molecule has 3 rings (SSSR count). The fraction of sp³-hybridized carbons (Fsp3) is 0.263. The van der Waals surface area contributed by atoms with Gasteiger partial charge >= 0.3 is 6.18 Å². The minimum atomic E-state index is -4.41. The number of pyridine rings is 1. The molecule has 0 unspecified atom stereocenters. The van der Waals surface area contributed by atoms with Gasteiger partial charge in [0.15, 0.2) is 12.3 Å². The standard InChI is InChI=1S/C19H18F3N5O2/c1-13-17(25-26-27(13)11-14-5-7-23-8-6-14)18(28)24-10-15-3-2-4-16(9-15)29-12-19(20,21)22/h2-9H,10-12H2,1H3,(H,24,28). The Hall–Kier alpha value is -3.43. The van der Waals surface area contributed by atoms with E-state index in [1.165, 1.54) is 12.1 Å². The monoisotopic (exact) mass is 405 g/mol. The molecular formula is C19H18F3N5O2. The number of ether oxygens (including phenoxy) is 1. The quantitative estimate of drug-likeness (QED) is 0.654. The number of nitrogens with zero attached hydrogens (tertiary/aromatic N) is 4. The van der Waals surface area contributed by atoms with E-state index in [0.717, 1.165) is 5.56 Å². The van der Waals surface area contributed by atoms with Gasteiger partial charge in [0.2, 0.25) is 0 Å². The second-order valence-electron chi connectivity index (χ2n) is 6.27. The zero-order valence-corrected chi connectivity index (χ0v) is 15.5. The van der Waals surface area contributed by atoms with Crippen molar-refractivity contribution in [3.8, 4) is 5.75 Å². The number of hydrogen-bond acceptors (Lipinski definition) is 5. The summed E-state index contributed by atoms with van der Waals surface area (Å²) in [6, 6.07) is 9.78. The fourth-order valence-electron chi connectivity index (χ4n) is 2.56. The first kappa shape index (κ1) is 20.3. The molecule has 0 fully saturated rings. The summed E-state index contributed by atoms with van der Waals surface area (Å²) in [6.07, 6.45) is -1.08. The van der Waals surface area contributed by atoms with E-state index in [1.54, 1.807) is 36.1 Å². The summed E-state index contributed by atoms with van der Waals surface area (Å²) in [5, 5.41) is 10.6. The van der Waals surface area contributed by atoms with Crippen LogP contribution < -0.4 is 10.1 Å². The lowest BCUT2D eigenvalue weighted by molar-refractivity contribution is -0.153. The van der Waals surface area contributed by atoms with E-state index in [9.17, 15) is 18.0 Å². The SMILES string of the molecule is Cc1c(C(=O)NCc2cccc(OCC(F)(F)F)c2)nnn1Cc1ccncc1. The van der Waals surface area contributed by atoms with Crippen molar-refractivity contribution >= 4 is 5.91 Å². The van der Waals surface area contributed by atoms with Crippen LogP contribution in [-0.4, -0.2) is 38.7 Å². The first-order chi connectivity index (χ1) is 13.8.